The fourth-order valence-corrected chi connectivity index (χ4v) is 2.68. The summed E-state index contributed by atoms with van der Waals surface area (Å²) in [5.74, 6) is 1.60. The standard InChI is InChI=1S/C16H15BrFN3O2/c1-22-14-6-12-13(7-15(14)23-2)21-16(20-12)19-8-9-3-4-11(18)10(17)5-9/h3-7H,8H2,1-2H3,(H2,19,20,21). The number of H-pyrrole nitrogens is 1. The van der Waals surface area contributed by atoms with E-state index in [-0.39, 0.29) is 5.82 Å². The molecule has 3 rings (SSSR count). The third kappa shape index (κ3) is 3.24. The van der Waals surface area contributed by atoms with E-state index in [1.165, 1.54) is 6.07 Å². The van der Waals surface area contributed by atoms with Crippen LogP contribution in [0.4, 0.5) is 10.3 Å². The van der Waals surface area contributed by atoms with Gasteiger partial charge in [0.15, 0.2) is 11.5 Å². The molecule has 7 heteroatoms. The molecule has 0 amide bonds. The molecule has 23 heavy (non-hydrogen) atoms. The van der Waals surface area contributed by atoms with Gasteiger partial charge in [0.1, 0.15) is 5.82 Å². The van der Waals surface area contributed by atoms with Crippen molar-refractivity contribution in [3.05, 3.63) is 46.2 Å². The van der Waals surface area contributed by atoms with E-state index in [2.05, 4.69) is 31.2 Å². The fraction of sp³-hybridized carbons (Fsp3) is 0.188. The zero-order valence-electron chi connectivity index (χ0n) is 12.6. The molecule has 0 spiro atoms. The number of anilines is 1. The lowest BCUT2D eigenvalue weighted by Gasteiger charge is -2.06. The van der Waals surface area contributed by atoms with Gasteiger partial charge in [0.05, 0.1) is 29.7 Å². The van der Waals surface area contributed by atoms with Gasteiger partial charge in [-0.1, -0.05) is 6.07 Å². The second-order valence-electron chi connectivity index (χ2n) is 4.91. The number of nitrogens with zero attached hydrogens (tertiary/aromatic N) is 1. The molecule has 3 aromatic rings. The summed E-state index contributed by atoms with van der Waals surface area (Å²) in [7, 11) is 3.17. The maximum absolute atomic E-state index is 13.2. The van der Waals surface area contributed by atoms with Crippen LogP contribution in [0.1, 0.15) is 5.56 Å². The van der Waals surface area contributed by atoms with Crippen molar-refractivity contribution in [3.8, 4) is 11.5 Å². The minimum Gasteiger partial charge on any atom is -0.493 e. The first-order valence-electron chi connectivity index (χ1n) is 6.90. The van der Waals surface area contributed by atoms with E-state index in [4.69, 9.17) is 9.47 Å². The summed E-state index contributed by atoms with van der Waals surface area (Å²) in [5, 5.41) is 3.18. The first-order chi connectivity index (χ1) is 11.1. The van der Waals surface area contributed by atoms with Crippen LogP contribution in [-0.4, -0.2) is 24.2 Å². The summed E-state index contributed by atoms with van der Waals surface area (Å²) in [6.45, 7) is 0.521. The molecule has 0 aliphatic rings. The number of aromatic nitrogens is 2. The van der Waals surface area contributed by atoms with Crippen LogP contribution in [-0.2, 0) is 6.54 Å². The number of rotatable bonds is 5. The zero-order valence-corrected chi connectivity index (χ0v) is 14.2. The van der Waals surface area contributed by atoms with Crippen molar-refractivity contribution in [2.45, 2.75) is 6.54 Å². The Morgan fingerprint density at radius 1 is 1.17 bits per heavy atom. The predicted octanol–water partition coefficient (Wildman–Crippen LogP) is 4.09. The second-order valence-corrected chi connectivity index (χ2v) is 5.77. The van der Waals surface area contributed by atoms with Crippen LogP contribution in [0, 0.1) is 5.82 Å². The monoisotopic (exact) mass is 379 g/mol. The first-order valence-corrected chi connectivity index (χ1v) is 7.69. The number of fused-ring (bicyclic) bond motifs is 1. The van der Waals surface area contributed by atoms with E-state index in [1.807, 2.05) is 12.1 Å². The van der Waals surface area contributed by atoms with Gasteiger partial charge in [0.2, 0.25) is 5.95 Å². The normalized spacial score (nSPS) is 10.8. The Balaban J connectivity index is 1.81. The number of imidazole rings is 1. The first kappa shape index (κ1) is 15.6. The number of methoxy groups -OCH3 is 2. The Bertz CT molecular complexity index is 810. The molecule has 0 radical (unpaired) electrons. The molecule has 0 atom stereocenters. The van der Waals surface area contributed by atoms with Gasteiger partial charge >= 0.3 is 0 Å². The maximum atomic E-state index is 13.2. The summed E-state index contributed by atoms with van der Waals surface area (Å²) in [5.41, 5.74) is 2.55. The summed E-state index contributed by atoms with van der Waals surface area (Å²) in [6.07, 6.45) is 0. The quantitative estimate of drug-likeness (QED) is 0.700. The Labute approximate surface area is 141 Å². The molecule has 0 saturated carbocycles. The topological polar surface area (TPSA) is 59.2 Å². The smallest absolute Gasteiger partial charge is 0.201 e. The van der Waals surface area contributed by atoms with Gasteiger partial charge in [-0.25, -0.2) is 9.37 Å². The molecule has 0 aliphatic carbocycles. The predicted molar refractivity (Wildman–Crippen MR) is 90.6 cm³/mol. The molecule has 2 aromatic carbocycles. The molecule has 1 heterocycles. The maximum Gasteiger partial charge on any atom is 0.201 e. The van der Waals surface area contributed by atoms with Gasteiger partial charge in [-0.3, -0.25) is 0 Å². The number of ether oxygens (including phenoxy) is 2. The van der Waals surface area contributed by atoms with Gasteiger partial charge < -0.3 is 19.8 Å². The molecule has 0 saturated heterocycles. The van der Waals surface area contributed by atoms with Gasteiger partial charge in [0, 0.05) is 18.7 Å². The number of hydrogen-bond acceptors (Lipinski definition) is 4. The van der Waals surface area contributed by atoms with Crippen molar-refractivity contribution in [3.63, 3.8) is 0 Å². The van der Waals surface area contributed by atoms with Crippen LogP contribution in [0.2, 0.25) is 0 Å². The van der Waals surface area contributed by atoms with E-state index in [0.29, 0.717) is 28.5 Å². The van der Waals surface area contributed by atoms with E-state index in [0.717, 1.165) is 16.6 Å². The molecular weight excluding hydrogens is 365 g/mol. The highest BCUT2D eigenvalue weighted by atomic mass is 79.9. The van der Waals surface area contributed by atoms with Gasteiger partial charge in [-0.2, -0.15) is 0 Å². The highest BCUT2D eigenvalue weighted by Crippen LogP contribution is 2.31. The molecule has 0 aliphatic heterocycles. The van der Waals surface area contributed by atoms with E-state index >= 15 is 0 Å². The van der Waals surface area contributed by atoms with Crippen LogP contribution in [0.25, 0.3) is 11.0 Å². The third-order valence-corrected chi connectivity index (χ3v) is 4.04. The zero-order chi connectivity index (χ0) is 16.4. The van der Waals surface area contributed by atoms with Crippen molar-refractivity contribution in [1.82, 2.24) is 9.97 Å². The van der Waals surface area contributed by atoms with Crippen LogP contribution in [0.3, 0.4) is 0 Å². The summed E-state index contributed by atoms with van der Waals surface area (Å²) < 4.78 is 24.2. The second kappa shape index (κ2) is 6.45. The minimum absolute atomic E-state index is 0.281. The fourth-order valence-electron chi connectivity index (χ4n) is 2.26. The van der Waals surface area contributed by atoms with Crippen molar-refractivity contribution in [1.29, 1.82) is 0 Å². The van der Waals surface area contributed by atoms with Crippen molar-refractivity contribution < 1.29 is 13.9 Å². The number of halogens is 2. The van der Waals surface area contributed by atoms with Crippen LogP contribution in [0.15, 0.2) is 34.8 Å². The van der Waals surface area contributed by atoms with Crippen LogP contribution in [0.5, 0.6) is 11.5 Å². The number of benzene rings is 2. The Morgan fingerprint density at radius 3 is 2.61 bits per heavy atom. The molecule has 0 fully saturated rings. The van der Waals surface area contributed by atoms with E-state index < -0.39 is 0 Å². The highest BCUT2D eigenvalue weighted by Gasteiger charge is 2.10. The molecule has 2 N–H and O–H groups in total. The number of hydrogen-bond donors (Lipinski definition) is 2. The molecule has 120 valence electrons. The SMILES string of the molecule is COc1cc2nc(NCc3ccc(F)c(Br)c3)[nH]c2cc1OC. The van der Waals surface area contributed by atoms with Crippen molar-refractivity contribution >= 4 is 32.9 Å². The average Bonchev–Trinajstić information content (AvgIpc) is 2.96. The number of nitrogens with one attached hydrogen (secondary N) is 2. The Morgan fingerprint density at radius 2 is 1.91 bits per heavy atom. The minimum atomic E-state index is -0.281. The van der Waals surface area contributed by atoms with Gasteiger partial charge in [0.25, 0.3) is 0 Å². The molecule has 5 nitrogen and oxygen atoms in total. The van der Waals surface area contributed by atoms with Crippen LogP contribution < -0.4 is 14.8 Å². The van der Waals surface area contributed by atoms with Crippen molar-refractivity contribution in [2.24, 2.45) is 0 Å². The van der Waals surface area contributed by atoms with Gasteiger partial charge in [-0.05, 0) is 33.6 Å². The molecular formula is C16H15BrFN3O2. The van der Waals surface area contributed by atoms with Crippen LogP contribution >= 0.6 is 15.9 Å². The Kier molecular flexibility index (Phi) is 4.38. The highest BCUT2D eigenvalue weighted by molar-refractivity contribution is 9.10. The lowest BCUT2D eigenvalue weighted by molar-refractivity contribution is 0.356. The largest absolute Gasteiger partial charge is 0.493 e. The van der Waals surface area contributed by atoms with E-state index in [1.54, 1.807) is 26.4 Å². The summed E-state index contributed by atoms with van der Waals surface area (Å²) >= 11 is 3.18. The molecule has 0 bridgehead atoms. The lowest BCUT2D eigenvalue weighted by Crippen LogP contribution is -2.01. The lowest BCUT2D eigenvalue weighted by atomic mass is 10.2. The van der Waals surface area contributed by atoms with Crippen molar-refractivity contribution in [2.75, 3.05) is 19.5 Å². The number of aromatic amines is 1. The van der Waals surface area contributed by atoms with E-state index in [9.17, 15) is 4.39 Å². The van der Waals surface area contributed by atoms with Gasteiger partial charge in [-0.15, -0.1) is 0 Å². The average molecular weight is 380 g/mol. The Hall–Kier alpha value is -2.28. The third-order valence-electron chi connectivity index (χ3n) is 3.43. The molecule has 0 unspecified atom stereocenters. The molecule has 1 aromatic heterocycles. The summed E-state index contributed by atoms with van der Waals surface area (Å²) in [6, 6.07) is 8.53. The summed E-state index contributed by atoms with van der Waals surface area (Å²) in [4.78, 5) is 7.64.